The lowest BCUT2D eigenvalue weighted by Gasteiger charge is -2.23. The lowest BCUT2D eigenvalue weighted by atomic mass is 10.1. The summed E-state index contributed by atoms with van der Waals surface area (Å²) in [7, 11) is 0. The van der Waals surface area contributed by atoms with Gasteiger partial charge in [0.05, 0.1) is 0 Å². The molecule has 3 nitrogen and oxygen atoms in total. The molecule has 1 fully saturated rings. The summed E-state index contributed by atoms with van der Waals surface area (Å²) in [6.45, 7) is 3.76. The molecule has 2 N–H and O–H groups in total. The number of nitrogens with two attached hydrogens (primary N) is 1. The predicted molar refractivity (Wildman–Crippen MR) is 67.2 cm³/mol. The summed E-state index contributed by atoms with van der Waals surface area (Å²) < 4.78 is 0. The average Bonchev–Trinajstić information content (AvgIpc) is 2.76. The highest BCUT2D eigenvalue weighted by Gasteiger charge is 2.26. The lowest BCUT2D eigenvalue weighted by molar-refractivity contribution is -0.131. The number of unbranched alkanes of at least 4 members (excludes halogenated alkanes) is 4. The number of carbonyl (C=O) groups excluding carboxylic acids is 1. The Labute approximate surface area is 99.4 Å². The Balaban J connectivity index is 2.14. The second-order valence-corrected chi connectivity index (χ2v) is 4.78. The van der Waals surface area contributed by atoms with Crippen LogP contribution in [0.3, 0.4) is 0 Å². The fraction of sp³-hybridized carbons (Fsp3) is 0.923. The molecule has 0 saturated carbocycles. The Morgan fingerprint density at radius 3 is 2.75 bits per heavy atom. The van der Waals surface area contributed by atoms with Crippen LogP contribution >= 0.6 is 0 Å². The van der Waals surface area contributed by atoms with Crippen molar-refractivity contribution >= 4 is 5.91 Å². The topological polar surface area (TPSA) is 46.3 Å². The van der Waals surface area contributed by atoms with Crippen LogP contribution in [0, 0.1) is 0 Å². The molecular weight excluding hydrogens is 200 g/mol. The van der Waals surface area contributed by atoms with Crippen molar-refractivity contribution < 1.29 is 4.79 Å². The lowest BCUT2D eigenvalue weighted by Crippen LogP contribution is -2.39. The number of carbonyl (C=O) groups is 1. The number of hydrogen-bond acceptors (Lipinski definition) is 2. The van der Waals surface area contributed by atoms with Gasteiger partial charge in [-0.2, -0.15) is 0 Å². The summed E-state index contributed by atoms with van der Waals surface area (Å²) in [4.78, 5) is 13.9. The molecule has 0 radical (unpaired) electrons. The molecule has 0 spiro atoms. The first-order valence-corrected chi connectivity index (χ1v) is 6.79. The van der Waals surface area contributed by atoms with Gasteiger partial charge >= 0.3 is 0 Å². The van der Waals surface area contributed by atoms with Crippen molar-refractivity contribution in [3.63, 3.8) is 0 Å². The Hall–Kier alpha value is -0.570. The van der Waals surface area contributed by atoms with Crippen molar-refractivity contribution in [1.82, 2.24) is 4.90 Å². The number of rotatable bonds is 7. The number of hydrogen-bond donors (Lipinski definition) is 1. The average molecular weight is 226 g/mol. The van der Waals surface area contributed by atoms with Crippen LogP contribution in [0.4, 0.5) is 0 Å². The predicted octanol–water partition coefficient (Wildman–Crippen LogP) is 2.30. The van der Waals surface area contributed by atoms with E-state index in [-0.39, 0.29) is 0 Å². The summed E-state index contributed by atoms with van der Waals surface area (Å²) in [5.41, 5.74) is 5.66. The fourth-order valence-electron chi connectivity index (χ4n) is 2.43. The minimum atomic E-state index is 0.322. The van der Waals surface area contributed by atoms with Crippen molar-refractivity contribution in [2.45, 2.75) is 64.3 Å². The van der Waals surface area contributed by atoms with Gasteiger partial charge in [-0.3, -0.25) is 4.79 Å². The molecule has 1 heterocycles. The molecule has 1 aliphatic heterocycles. The number of amides is 1. The van der Waals surface area contributed by atoms with Gasteiger partial charge in [-0.25, -0.2) is 0 Å². The third-order valence-corrected chi connectivity index (χ3v) is 3.46. The van der Waals surface area contributed by atoms with E-state index in [4.69, 9.17) is 5.73 Å². The van der Waals surface area contributed by atoms with Crippen molar-refractivity contribution in [3.05, 3.63) is 0 Å². The maximum absolute atomic E-state index is 11.9. The molecule has 3 heteroatoms. The summed E-state index contributed by atoms with van der Waals surface area (Å²) in [5, 5.41) is 0. The van der Waals surface area contributed by atoms with Gasteiger partial charge < -0.3 is 10.6 Å². The molecule has 0 aromatic heterocycles. The van der Waals surface area contributed by atoms with Gasteiger partial charge in [0, 0.05) is 25.6 Å². The van der Waals surface area contributed by atoms with E-state index in [1.54, 1.807) is 0 Å². The van der Waals surface area contributed by atoms with E-state index >= 15 is 0 Å². The molecule has 0 aromatic rings. The van der Waals surface area contributed by atoms with Crippen LogP contribution in [-0.2, 0) is 4.79 Å². The SMILES string of the molecule is CCCCCCCC(=O)N1CCCC1CN. The summed E-state index contributed by atoms with van der Waals surface area (Å²) >= 11 is 0. The number of nitrogens with zero attached hydrogens (tertiary/aromatic N) is 1. The Morgan fingerprint density at radius 2 is 2.06 bits per heavy atom. The highest BCUT2D eigenvalue weighted by molar-refractivity contribution is 5.76. The molecule has 1 rings (SSSR count). The van der Waals surface area contributed by atoms with Crippen LogP contribution in [0.5, 0.6) is 0 Å². The van der Waals surface area contributed by atoms with Gasteiger partial charge in [0.25, 0.3) is 0 Å². The van der Waals surface area contributed by atoms with Crippen LogP contribution in [-0.4, -0.2) is 29.9 Å². The summed E-state index contributed by atoms with van der Waals surface area (Å²) in [6.07, 6.45) is 9.01. The van der Waals surface area contributed by atoms with Crippen molar-refractivity contribution in [1.29, 1.82) is 0 Å². The second kappa shape index (κ2) is 7.66. The minimum absolute atomic E-state index is 0.322. The van der Waals surface area contributed by atoms with Gasteiger partial charge in [0.2, 0.25) is 5.91 Å². The Bertz CT molecular complexity index is 206. The highest BCUT2D eigenvalue weighted by Crippen LogP contribution is 2.18. The van der Waals surface area contributed by atoms with Crippen molar-refractivity contribution in [2.24, 2.45) is 5.73 Å². The molecule has 1 amide bonds. The van der Waals surface area contributed by atoms with E-state index in [1.165, 1.54) is 25.7 Å². The van der Waals surface area contributed by atoms with Gasteiger partial charge in [0.15, 0.2) is 0 Å². The molecule has 94 valence electrons. The van der Waals surface area contributed by atoms with E-state index in [0.717, 1.165) is 32.2 Å². The van der Waals surface area contributed by atoms with E-state index in [1.807, 2.05) is 4.90 Å². The smallest absolute Gasteiger partial charge is 0.222 e. The summed E-state index contributed by atoms with van der Waals surface area (Å²) in [6, 6.07) is 0.322. The molecule has 0 aliphatic carbocycles. The zero-order valence-electron chi connectivity index (χ0n) is 10.6. The highest BCUT2D eigenvalue weighted by atomic mass is 16.2. The molecule has 0 aromatic carbocycles. The first kappa shape index (κ1) is 13.5. The van der Waals surface area contributed by atoms with E-state index < -0.39 is 0 Å². The van der Waals surface area contributed by atoms with Crippen LogP contribution in [0.15, 0.2) is 0 Å². The van der Waals surface area contributed by atoms with Crippen LogP contribution in [0.25, 0.3) is 0 Å². The van der Waals surface area contributed by atoms with Crippen LogP contribution in [0.1, 0.15) is 58.3 Å². The minimum Gasteiger partial charge on any atom is -0.338 e. The van der Waals surface area contributed by atoms with E-state index in [0.29, 0.717) is 18.5 Å². The Kier molecular flexibility index (Phi) is 6.46. The van der Waals surface area contributed by atoms with Gasteiger partial charge in [0.1, 0.15) is 0 Å². The third-order valence-electron chi connectivity index (χ3n) is 3.46. The third kappa shape index (κ3) is 4.12. The zero-order chi connectivity index (χ0) is 11.8. The molecule has 1 atom stereocenters. The fourth-order valence-corrected chi connectivity index (χ4v) is 2.43. The first-order valence-electron chi connectivity index (χ1n) is 6.79. The second-order valence-electron chi connectivity index (χ2n) is 4.78. The summed E-state index contributed by atoms with van der Waals surface area (Å²) in [5.74, 6) is 0.324. The van der Waals surface area contributed by atoms with Gasteiger partial charge in [-0.05, 0) is 19.3 Å². The normalized spacial score (nSPS) is 20.4. The van der Waals surface area contributed by atoms with Crippen molar-refractivity contribution in [3.8, 4) is 0 Å². The quantitative estimate of drug-likeness (QED) is 0.677. The number of likely N-dealkylation sites (tertiary alicyclic amines) is 1. The molecular formula is C13H26N2O. The van der Waals surface area contributed by atoms with Gasteiger partial charge in [-0.15, -0.1) is 0 Å². The standard InChI is InChI=1S/C13H26N2O/c1-2-3-4-5-6-9-13(16)15-10-7-8-12(15)11-14/h12H,2-11,14H2,1H3. The molecule has 0 bridgehead atoms. The van der Waals surface area contributed by atoms with Crippen molar-refractivity contribution in [2.75, 3.05) is 13.1 Å². The molecule has 1 saturated heterocycles. The zero-order valence-corrected chi connectivity index (χ0v) is 10.6. The van der Waals surface area contributed by atoms with E-state index in [9.17, 15) is 4.79 Å². The monoisotopic (exact) mass is 226 g/mol. The maximum Gasteiger partial charge on any atom is 0.222 e. The van der Waals surface area contributed by atoms with Gasteiger partial charge in [-0.1, -0.05) is 32.6 Å². The maximum atomic E-state index is 11.9. The Morgan fingerprint density at radius 1 is 1.31 bits per heavy atom. The largest absolute Gasteiger partial charge is 0.338 e. The first-order chi connectivity index (χ1) is 7.79. The van der Waals surface area contributed by atoms with Crippen LogP contribution in [0.2, 0.25) is 0 Å². The van der Waals surface area contributed by atoms with Crippen LogP contribution < -0.4 is 5.73 Å². The molecule has 1 unspecified atom stereocenters. The van der Waals surface area contributed by atoms with E-state index in [2.05, 4.69) is 6.92 Å². The molecule has 1 aliphatic rings. The molecule has 16 heavy (non-hydrogen) atoms.